The fourth-order valence-corrected chi connectivity index (χ4v) is 1.43. The summed E-state index contributed by atoms with van der Waals surface area (Å²) in [6.07, 6.45) is 0.833. The second kappa shape index (κ2) is 5.89. The van der Waals surface area contributed by atoms with E-state index in [1.807, 2.05) is 19.9 Å². The molecule has 0 aliphatic rings. The van der Waals surface area contributed by atoms with Crippen molar-refractivity contribution in [2.45, 2.75) is 20.3 Å². The number of hydrogen-bond acceptors (Lipinski definition) is 2. The average Bonchev–Trinajstić information content (AvgIpc) is 2.67. The Labute approximate surface area is 101 Å². The number of carbonyl (C=O) groups is 1. The first-order valence-corrected chi connectivity index (χ1v) is 5.99. The van der Waals surface area contributed by atoms with Crippen LogP contribution in [-0.4, -0.2) is 28.1 Å². The van der Waals surface area contributed by atoms with Gasteiger partial charge < -0.3 is 5.32 Å². The first kappa shape index (κ1) is 13.0. The molecule has 1 N–H and O–H groups in total. The number of amides is 1. The molecule has 0 saturated carbocycles. The summed E-state index contributed by atoms with van der Waals surface area (Å²) < 4.78 is 1.61. The first-order chi connectivity index (χ1) is 7.58. The SMILES string of the molecule is CCc1cc(C(=O)NCC(C)CCl)n(C)n1. The summed E-state index contributed by atoms with van der Waals surface area (Å²) in [7, 11) is 1.78. The van der Waals surface area contributed by atoms with Crippen LogP contribution in [0, 0.1) is 5.92 Å². The largest absolute Gasteiger partial charge is 0.350 e. The van der Waals surface area contributed by atoms with Crippen molar-refractivity contribution in [1.82, 2.24) is 15.1 Å². The Morgan fingerprint density at radius 3 is 2.88 bits per heavy atom. The first-order valence-electron chi connectivity index (χ1n) is 5.45. The van der Waals surface area contributed by atoms with Crippen LogP contribution in [0.25, 0.3) is 0 Å². The molecule has 1 heterocycles. The molecule has 0 spiro atoms. The monoisotopic (exact) mass is 243 g/mol. The maximum atomic E-state index is 11.8. The smallest absolute Gasteiger partial charge is 0.269 e. The fourth-order valence-electron chi connectivity index (χ4n) is 1.32. The molecule has 5 heteroatoms. The van der Waals surface area contributed by atoms with Crippen molar-refractivity contribution in [3.63, 3.8) is 0 Å². The van der Waals surface area contributed by atoms with Gasteiger partial charge in [0.2, 0.25) is 0 Å². The minimum Gasteiger partial charge on any atom is -0.350 e. The minimum atomic E-state index is -0.0910. The standard InChI is InChI=1S/C11H18ClN3O/c1-4-9-5-10(15(3)14-9)11(16)13-7-8(2)6-12/h5,8H,4,6-7H2,1-3H3,(H,13,16). The minimum absolute atomic E-state index is 0.0910. The highest BCUT2D eigenvalue weighted by Gasteiger charge is 2.12. The number of aryl methyl sites for hydroxylation is 2. The van der Waals surface area contributed by atoms with Crippen LogP contribution < -0.4 is 5.32 Å². The molecule has 4 nitrogen and oxygen atoms in total. The van der Waals surface area contributed by atoms with E-state index in [-0.39, 0.29) is 11.8 Å². The molecule has 1 aromatic heterocycles. The molecule has 90 valence electrons. The van der Waals surface area contributed by atoms with Crippen LogP contribution in [0.15, 0.2) is 6.07 Å². The van der Waals surface area contributed by atoms with E-state index >= 15 is 0 Å². The van der Waals surface area contributed by atoms with Crippen LogP contribution in [0.5, 0.6) is 0 Å². The maximum absolute atomic E-state index is 11.8. The van der Waals surface area contributed by atoms with Crippen molar-refractivity contribution in [3.8, 4) is 0 Å². The number of nitrogens with one attached hydrogen (secondary N) is 1. The Morgan fingerprint density at radius 1 is 1.69 bits per heavy atom. The topological polar surface area (TPSA) is 46.9 Å². The van der Waals surface area contributed by atoms with Crippen LogP contribution in [0.3, 0.4) is 0 Å². The second-order valence-electron chi connectivity index (χ2n) is 3.97. The predicted molar refractivity (Wildman–Crippen MR) is 64.8 cm³/mol. The van der Waals surface area contributed by atoms with Gasteiger partial charge in [-0.3, -0.25) is 9.48 Å². The van der Waals surface area contributed by atoms with Crippen LogP contribution >= 0.6 is 11.6 Å². The van der Waals surface area contributed by atoms with Gasteiger partial charge in [-0.15, -0.1) is 11.6 Å². The predicted octanol–water partition coefficient (Wildman–Crippen LogP) is 1.59. The highest BCUT2D eigenvalue weighted by atomic mass is 35.5. The van der Waals surface area contributed by atoms with E-state index < -0.39 is 0 Å². The van der Waals surface area contributed by atoms with Crippen LogP contribution in [-0.2, 0) is 13.5 Å². The van der Waals surface area contributed by atoms with Gasteiger partial charge in [-0.1, -0.05) is 13.8 Å². The van der Waals surface area contributed by atoms with Gasteiger partial charge in [-0.05, 0) is 18.4 Å². The number of aromatic nitrogens is 2. The summed E-state index contributed by atoms with van der Waals surface area (Å²) in [6.45, 7) is 4.60. The summed E-state index contributed by atoms with van der Waals surface area (Å²) in [4.78, 5) is 11.8. The molecular weight excluding hydrogens is 226 g/mol. The molecule has 0 aliphatic carbocycles. The zero-order valence-corrected chi connectivity index (χ0v) is 10.7. The molecule has 0 fully saturated rings. The molecule has 1 atom stereocenters. The third kappa shape index (κ3) is 3.23. The summed E-state index contributed by atoms with van der Waals surface area (Å²) in [5.74, 6) is 0.738. The van der Waals surface area contributed by atoms with E-state index in [9.17, 15) is 4.79 Å². The van der Waals surface area contributed by atoms with Gasteiger partial charge in [-0.25, -0.2) is 0 Å². The Kier molecular flexibility index (Phi) is 4.80. The summed E-state index contributed by atoms with van der Waals surface area (Å²) in [5.41, 5.74) is 1.52. The van der Waals surface area contributed by atoms with Crippen LogP contribution in [0.4, 0.5) is 0 Å². The third-order valence-corrected chi connectivity index (χ3v) is 2.93. The van der Waals surface area contributed by atoms with Crippen molar-refractivity contribution < 1.29 is 4.79 Å². The van der Waals surface area contributed by atoms with E-state index in [4.69, 9.17) is 11.6 Å². The molecule has 0 saturated heterocycles. The van der Waals surface area contributed by atoms with Gasteiger partial charge in [0, 0.05) is 19.5 Å². The molecule has 1 aromatic rings. The number of carbonyl (C=O) groups excluding carboxylic acids is 1. The van der Waals surface area contributed by atoms with Crippen molar-refractivity contribution in [2.75, 3.05) is 12.4 Å². The van der Waals surface area contributed by atoms with Crippen molar-refractivity contribution in [3.05, 3.63) is 17.5 Å². The van der Waals surface area contributed by atoms with Crippen molar-refractivity contribution in [2.24, 2.45) is 13.0 Å². The molecule has 1 rings (SSSR count). The van der Waals surface area contributed by atoms with Gasteiger partial charge in [0.05, 0.1) is 5.69 Å². The van der Waals surface area contributed by atoms with E-state index in [2.05, 4.69) is 10.4 Å². The zero-order valence-electron chi connectivity index (χ0n) is 9.96. The Morgan fingerprint density at radius 2 is 2.38 bits per heavy atom. The number of halogens is 1. The molecule has 0 bridgehead atoms. The molecule has 0 aliphatic heterocycles. The van der Waals surface area contributed by atoms with Crippen molar-refractivity contribution >= 4 is 17.5 Å². The second-order valence-corrected chi connectivity index (χ2v) is 4.28. The molecule has 1 amide bonds. The van der Waals surface area contributed by atoms with Gasteiger partial charge in [-0.2, -0.15) is 5.10 Å². The number of rotatable bonds is 5. The van der Waals surface area contributed by atoms with Gasteiger partial charge in [0.25, 0.3) is 5.91 Å². The maximum Gasteiger partial charge on any atom is 0.269 e. The Hall–Kier alpha value is -1.03. The quantitative estimate of drug-likeness (QED) is 0.799. The number of nitrogens with zero attached hydrogens (tertiary/aromatic N) is 2. The molecule has 16 heavy (non-hydrogen) atoms. The highest BCUT2D eigenvalue weighted by molar-refractivity contribution is 6.18. The lowest BCUT2D eigenvalue weighted by Crippen LogP contribution is -2.30. The summed E-state index contributed by atoms with van der Waals surface area (Å²) >= 11 is 5.67. The summed E-state index contributed by atoms with van der Waals surface area (Å²) in [5, 5.41) is 7.07. The third-order valence-electron chi connectivity index (χ3n) is 2.40. The zero-order chi connectivity index (χ0) is 12.1. The lowest BCUT2D eigenvalue weighted by atomic mass is 10.2. The number of hydrogen-bond donors (Lipinski definition) is 1. The Bertz CT molecular complexity index is 362. The Balaban J connectivity index is 2.62. The van der Waals surface area contributed by atoms with Gasteiger partial charge in [0.15, 0.2) is 0 Å². The van der Waals surface area contributed by atoms with E-state index in [1.54, 1.807) is 11.7 Å². The molecular formula is C11H18ClN3O. The molecule has 1 unspecified atom stereocenters. The lowest BCUT2D eigenvalue weighted by Gasteiger charge is -2.08. The van der Waals surface area contributed by atoms with Crippen LogP contribution in [0.2, 0.25) is 0 Å². The van der Waals surface area contributed by atoms with E-state index in [1.165, 1.54) is 0 Å². The fraction of sp³-hybridized carbons (Fsp3) is 0.636. The summed E-state index contributed by atoms with van der Waals surface area (Å²) in [6, 6.07) is 1.82. The molecule has 0 aromatic carbocycles. The number of alkyl halides is 1. The highest BCUT2D eigenvalue weighted by Crippen LogP contribution is 2.04. The van der Waals surface area contributed by atoms with E-state index in [0.29, 0.717) is 18.1 Å². The van der Waals surface area contributed by atoms with Crippen LogP contribution in [0.1, 0.15) is 30.0 Å². The normalized spacial score (nSPS) is 12.5. The average molecular weight is 244 g/mol. The lowest BCUT2D eigenvalue weighted by molar-refractivity contribution is 0.0940. The van der Waals surface area contributed by atoms with E-state index in [0.717, 1.165) is 12.1 Å². The molecule has 0 radical (unpaired) electrons. The van der Waals surface area contributed by atoms with Gasteiger partial charge in [0.1, 0.15) is 5.69 Å². The van der Waals surface area contributed by atoms with Crippen molar-refractivity contribution in [1.29, 1.82) is 0 Å². The van der Waals surface area contributed by atoms with Gasteiger partial charge >= 0.3 is 0 Å².